The number of amides is 1. The summed E-state index contributed by atoms with van der Waals surface area (Å²) in [6, 6.07) is 11.2. The number of hydrogen-bond donors (Lipinski definition) is 2. The van der Waals surface area contributed by atoms with Crippen LogP contribution >= 0.6 is 11.6 Å². The molecule has 0 aliphatic heterocycles. The first-order valence-corrected chi connectivity index (χ1v) is 9.40. The van der Waals surface area contributed by atoms with E-state index >= 15 is 0 Å². The van der Waals surface area contributed by atoms with Crippen molar-refractivity contribution in [1.29, 1.82) is 0 Å². The largest absolute Gasteiger partial charge is 0.492 e. The molecule has 6 nitrogen and oxygen atoms in total. The summed E-state index contributed by atoms with van der Waals surface area (Å²) in [5, 5.41) is 3.17. The van der Waals surface area contributed by atoms with Crippen molar-refractivity contribution in [2.24, 2.45) is 0 Å². The molecule has 0 spiro atoms. The van der Waals surface area contributed by atoms with Crippen LogP contribution in [0.2, 0.25) is 5.02 Å². The molecule has 25 heavy (non-hydrogen) atoms. The minimum atomic E-state index is -3.64. The molecule has 2 aromatic carbocycles. The van der Waals surface area contributed by atoms with E-state index in [1.807, 2.05) is 13.0 Å². The van der Waals surface area contributed by atoms with E-state index < -0.39 is 10.0 Å². The second-order valence-electron chi connectivity index (χ2n) is 5.36. The molecule has 2 N–H and O–H groups in total. The summed E-state index contributed by atoms with van der Waals surface area (Å²) in [5.74, 6) is 0.358. The Morgan fingerprint density at radius 1 is 1.16 bits per heavy atom. The van der Waals surface area contributed by atoms with Crippen LogP contribution < -0.4 is 14.8 Å². The Bertz CT molecular complexity index is 851. The van der Waals surface area contributed by atoms with Gasteiger partial charge in [0.2, 0.25) is 15.9 Å². The van der Waals surface area contributed by atoms with E-state index in [9.17, 15) is 13.2 Å². The van der Waals surface area contributed by atoms with Crippen LogP contribution in [0.4, 0.5) is 5.69 Å². The summed E-state index contributed by atoms with van der Waals surface area (Å²) in [7, 11) is -3.64. The number of hydrogen-bond acceptors (Lipinski definition) is 4. The average molecular weight is 383 g/mol. The maximum Gasteiger partial charge on any atom is 0.240 e. The highest BCUT2D eigenvalue weighted by atomic mass is 35.5. The number of benzene rings is 2. The highest BCUT2D eigenvalue weighted by Crippen LogP contribution is 2.21. The van der Waals surface area contributed by atoms with Crippen LogP contribution in [-0.4, -0.2) is 27.5 Å². The highest BCUT2D eigenvalue weighted by Gasteiger charge is 2.13. The summed E-state index contributed by atoms with van der Waals surface area (Å²) in [6.07, 6.45) is 0. The number of aryl methyl sites for hydroxylation is 1. The SMILES string of the molecule is CC(=O)Nc1ccc(S(=O)(=O)NCCOc2ccc(C)c(Cl)c2)cc1. The van der Waals surface area contributed by atoms with Crippen LogP contribution in [0.3, 0.4) is 0 Å². The van der Waals surface area contributed by atoms with E-state index in [-0.39, 0.29) is 24.0 Å². The van der Waals surface area contributed by atoms with Crippen molar-refractivity contribution in [3.05, 3.63) is 53.1 Å². The van der Waals surface area contributed by atoms with E-state index in [1.165, 1.54) is 31.2 Å². The van der Waals surface area contributed by atoms with Gasteiger partial charge in [0.25, 0.3) is 0 Å². The van der Waals surface area contributed by atoms with E-state index in [0.29, 0.717) is 16.5 Å². The highest BCUT2D eigenvalue weighted by molar-refractivity contribution is 7.89. The number of carbonyl (C=O) groups excluding carboxylic acids is 1. The number of halogens is 1. The quantitative estimate of drug-likeness (QED) is 0.721. The average Bonchev–Trinajstić information content (AvgIpc) is 2.55. The van der Waals surface area contributed by atoms with Crippen LogP contribution in [0, 0.1) is 6.92 Å². The molecule has 0 atom stereocenters. The second kappa shape index (κ2) is 8.33. The molecule has 2 rings (SSSR count). The Balaban J connectivity index is 1.88. The molecule has 0 aliphatic carbocycles. The normalized spacial score (nSPS) is 11.2. The molecule has 0 fully saturated rings. The molecular formula is C17H19ClN2O4S. The summed E-state index contributed by atoms with van der Waals surface area (Å²) in [5.41, 5.74) is 1.48. The third-order valence-corrected chi connectivity index (χ3v) is 5.18. The number of carbonyl (C=O) groups is 1. The minimum absolute atomic E-state index is 0.111. The second-order valence-corrected chi connectivity index (χ2v) is 7.54. The van der Waals surface area contributed by atoms with Crippen molar-refractivity contribution in [2.45, 2.75) is 18.7 Å². The lowest BCUT2D eigenvalue weighted by Gasteiger charge is -2.10. The van der Waals surface area contributed by atoms with E-state index in [2.05, 4.69) is 10.0 Å². The van der Waals surface area contributed by atoms with Gasteiger partial charge in [-0.1, -0.05) is 17.7 Å². The van der Waals surface area contributed by atoms with Crippen LogP contribution in [0.5, 0.6) is 5.75 Å². The van der Waals surface area contributed by atoms with Gasteiger partial charge in [0, 0.05) is 24.2 Å². The van der Waals surface area contributed by atoms with E-state index in [0.717, 1.165) is 5.56 Å². The summed E-state index contributed by atoms with van der Waals surface area (Å²) in [6.45, 7) is 3.55. The van der Waals surface area contributed by atoms with Crippen molar-refractivity contribution in [1.82, 2.24) is 4.72 Å². The molecule has 0 saturated carbocycles. The number of sulfonamides is 1. The van der Waals surface area contributed by atoms with Gasteiger partial charge < -0.3 is 10.1 Å². The lowest BCUT2D eigenvalue weighted by molar-refractivity contribution is -0.114. The van der Waals surface area contributed by atoms with Gasteiger partial charge in [0.15, 0.2) is 0 Å². The number of anilines is 1. The van der Waals surface area contributed by atoms with Gasteiger partial charge >= 0.3 is 0 Å². The van der Waals surface area contributed by atoms with Crippen LogP contribution in [-0.2, 0) is 14.8 Å². The monoisotopic (exact) mass is 382 g/mol. The first-order chi connectivity index (χ1) is 11.8. The molecule has 0 radical (unpaired) electrons. The van der Waals surface area contributed by atoms with Gasteiger partial charge in [-0.3, -0.25) is 4.79 Å². The van der Waals surface area contributed by atoms with E-state index in [4.69, 9.17) is 16.3 Å². The van der Waals surface area contributed by atoms with Crippen LogP contribution in [0.15, 0.2) is 47.4 Å². The smallest absolute Gasteiger partial charge is 0.240 e. The summed E-state index contributed by atoms with van der Waals surface area (Å²) in [4.78, 5) is 11.1. The van der Waals surface area contributed by atoms with E-state index in [1.54, 1.807) is 12.1 Å². The zero-order valence-electron chi connectivity index (χ0n) is 13.9. The maximum atomic E-state index is 12.2. The van der Waals surface area contributed by atoms with Gasteiger partial charge in [-0.2, -0.15) is 0 Å². The molecule has 0 heterocycles. The van der Waals surface area contributed by atoms with Crippen molar-refractivity contribution >= 4 is 33.2 Å². The fraction of sp³-hybridized carbons (Fsp3) is 0.235. The van der Waals surface area contributed by atoms with Gasteiger partial charge in [0.05, 0.1) is 4.90 Å². The van der Waals surface area contributed by atoms with Crippen molar-refractivity contribution in [3.8, 4) is 5.75 Å². The zero-order chi connectivity index (χ0) is 18.4. The van der Waals surface area contributed by atoms with Crippen LogP contribution in [0.1, 0.15) is 12.5 Å². The first kappa shape index (κ1) is 19.2. The molecule has 0 aromatic heterocycles. The van der Waals surface area contributed by atoms with Crippen molar-refractivity contribution in [3.63, 3.8) is 0 Å². The van der Waals surface area contributed by atoms with Gasteiger partial charge in [-0.05, 0) is 48.9 Å². The number of rotatable bonds is 7. The summed E-state index contributed by atoms with van der Waals surface area (Å²) < 4.78 is 32.3. The molecule has 2 aromatic rings. The van der Waals surface area contributed by atoms with Crippen LogP contribution in [0.25, 0.3) is 0 Å². The number of nitrogens with one attached hydrogen (secondary N) is 2. The predicted octanol–water partition coefficient (Wildman–Crippen LogP) is 2.96. The predicted molar refractivity (Wildman–Crippen MR) is 97.6 cm³/mol. The minimum Gasteiger partial charge on any atom is -0.492 e. The van der Waals surface area contributed by atoms with Gasteiger partial charge in [-0.25, -0.2) is 13.1 Å². The van der Waals surface area contributed by atoms with Crippen molar-refractivity contribution in [2.75, 3.05) is 18.5 Å². The van der Waals surface area contributed by atoms with Gasteiger partial charge in [0.1, 0.15) is 12.4 Å². The third kappa shape index (κ3) is 5.74. The van der Waals surface area contributed by atoms with Gasteiger partial charge in [-0.15, -0.1) is 0 Å². The topological polar surface area (TPSA) is 84.5 Å². The Labute approximate surface area is 152 Å². The molecule has 0 bridgehead atoms. The molecule has 1 amide bonds. The maximum absolute atomic E-state index is 12.2. The first-order valence-electron chi connectivity index (χ1n) is 7.54. The molecule has 8 heteroatoms. The molecule has 0 saturated heterocycles. The fourth-order valence-corrected chi connectivity index (χ4v) is 3.20. The lowest BCUT2D eigenvalue weighted by Crippen LogP contribution is -2.28. The molecule has 0 aliphatic rings. The molecule has 0 unspecified atom stereocenters. The third-order valence-electron chi connectivity index (χ3n) is 3.29. The van der Waals surface area contributed by atoms with Crippen molar-refractivity contribution < 1.29 is 17.9 Å². The molecular weight excluding hydrogens is 364 g/mol. The Morgan fingerprint density at radius 2 is 1.84 bits per heavy atom. The Kier molecular flexibility index (Phi) is 6.41. The molecule has 134 valence electrons. The fourth-order valence-electron chi connectivity index (χ4n) is 2.01. The lowest BCUT2D eigenvalue weighted by atomic mass is 10.2. The Hall–Kier alpha value is -2.09. The Morgan fingerprint density at radius 3 is 2.44 bits per heavy atom. The standard InChI is InChI=1S/C17H19ClN2O4S/c1-12-3-6-15(11-17(12)18)24-10-9-19-25(22,23)16-7-4-14(5-8-16)20-13(2)21/h3-8,11,19H,9-10H2,1-2H3,(H,20,21). The zero-order valence-corrected chi connectivity index (χ0v) is 15.4. The summed E-state index contributed by atoms with van der Waals surface area (Å²) >= 11 is 6.01. The number of ether oxygens (including phenoxy) is 1.